The molecule has 3 rings (SSSR count). The van der Waals surface area contributed by atoms with Crippen LogP contribution in [0.3, 0.4) is 0 Å². The minimum absolute atomic E-state index is 0.222. The van der Waals surface area contributed by atoms with Gasteiger partial charge in [0.05, 0.1) is 7.11 Å². The zero-order valence-corrected chi connectivity index (χ0v) is 11.5. The van der Waals surface area contributed by atoms with E-state index >= 15 is 0 Å². The lowest BCUT2D eigenvalue weighted by Crippen LogP contribution is -2.03. The smallest absolute Gasteiger partial charge is 0.133 e. The molecule has 0 aliphatic heterocycles. The third kappa shape index (κ3) is 2.45. The monoisotopic (exact) mass is 283 g/mol. The van der Waals surface area contributed by atoms with Crippen molar-refractivity contribution in [3.63, 3.8) is 0 Å². The Morgan fingerprint density at radius 3 is 2.76 bits per heavy atom. The SMILES string of the molecule is COc1ccc(C(O)c2cccc3cnccc23)c(F)c1. The van der Waals surface area contributed by atoms with Gasteiger partial charge in [-0.2, -0.15) is 0 Å². The number of rotatable bonds is 3. The second-order valence-electron chi connectivity index (χ2n) is 4.73. The van der Waals surface area contributed by atoms with Gasteiger partial charge in [-0.1, -0.05) is 18.2 Å². The molecule has 0 spiro atoms. The lowest BCUT2D eigenvalue weighted by atomic mass is 9.96. The Kier molecular flexibility index (Phi) is 3.54. The normalized spacial score (nSPS) is 12.3. The van der Waals surface area contributed by atoms with Gasteiger partial charge in [-0.3, -0.25) is 4.98 Å². The van der Waals surface area contributed by atoms with Gasteiger partial charge < -0.3 is 9.84 Å². The molecular formula is C17H14FNO2. The highest BCUT2D eigenvalue weighted by Gasteiger charge is 2.17. The number of benzene rings is 2. The standard InChI is InChI=1S/C17H14FNO2/c1-21-12-5-6-15(16(18)9-12)17(20)14-4-2-3-11-10-19-8-7-13(11)14/h2-10,17,20H,1H3. The highest BCUT2D eigenvalue weighted by Crippen LogP contribution is 2.31. The van der Waals surface area contributed by atoms with Gasteiger partial charge in [-0.05, 0) is 29.1 Å². The Morgan fingerprint density at radius 2 is 2.00 bits per heavy atom. The summed E-state index contributed by atoms with van der Waals surface area (Å²) in [6.45, 7) is 0. The second kappa shape index (κ2) is 5.50. The summed E-state index contributed by atoms with van der Waals surface area (Å²) in [6, 6.07) is 11.8. The third-order valence-electron chi connectivity index (χ3n) is 3.51. The molecule has 1 N–H and O–H groups in total. The van der Waals surface area contributed by atoms with Crippen LogP contribution in [0.25, 0.3) is 10.8 Å². The number of pyridine rings is 1. The molecule has 0 saturated carbocycles. The average Bonchev–Trinajstić information content (AvgIpc) is 2.53. The van der Waals surface area contributed by atoms with Gasteiger partial charge in [0.2, 0.25) is 0 Å². The van der Waals surface area contributed by atoms with Crippen LogP contribution in [0.1, 0.15) is 17.2 Å². The van der Waals surface area contributed by atoms with Gasteiger partial charge in [0.15, 0.2) is 0 Å². The number of fused-ring (bicyclic) bond motifs is 1. The van der Waals surface area contributed by atoms with Crippen LogP contribution in [0.4, 0.5) is 4.39 Å². The van der Waals surface area contributed by atoms with Crippen molar-refractivity contribution in [3.05, 3.63) is 71.8 Å². The summed E-state index contributed by atoms with van der Waals surface area (Å²) in [5.74, 6) is -0.0709. The molecule has 0 saturated heterocycles. The minimum atomic E-state index is -1.04. The van der Waals surface area contributed by atoms with Gasteiger partial charge in [0, 0.05) is 29.4 Å². The van der Waals surface area contributed by atoms with Crippen molar-refractivity contribution in [1.82, 2.24) is 4.98 Å². The van der Waals surface area contributed by atoms with Crippen LogP contribution in [0.15, 0.2) is 54.9 Å². The van der Waals surface area contributed by atoms with E-state index in [-0.39, 0.29) is 5.56 Å². The fourth-order valence-corrected chi connectivity index (χ4v) is 2.41. The van der Waals surface area contributed by atoms with Crippen molar-refractivity contribution >= 4 is 10.8 Å². The molecule has 0 aliphatic rings. The summed E-state index contributed by atoms with van der Waals surface area (Å²) in [7, 11) is 1.47. The van der Waals surface area contributed by atoms with E-state index in [0.29, 0.717) is 11.3 Å². The first-order chi connectivity index (χ1) is 10.2. The topological polar surface area (TPSA) is 42.4 Å². The highest BCUT2D eigenvalue weighted by atomic mass is 19.1. The number of nitrogens with zero attached hydrogens (tertiary/aromatic N) is 1. The van der Waals surface area contributed by atoms with Crippen LogP contribution in [0, 0.1) is 5.82 Å². The zero-order chi connectivity index (χ0) is 14.8. The number of halogens is 1. The van der Waals surface area contributed by atoms with Crippen molar-refractivity contribution < 1.29 is 14.2 Å². The lowest BCUT2D eigenvalue weighted by molar-refractivity contribution is 0.216. The zero-order valence-electron chi connectivity index (χ0n) is 11.5. The molecule has 106 valence electrons. The summed E-state index contributed by atoms with van der Waals surface area (Å²) >= 11 is 0. The molecule has 0 aliphatic carbocycles. The first-order valence-corrected chi connectivity index (χ1v) is 6.55. The molecule has 0 amide bonds. The Balaban J connectivity index is 2.10. The highest BCUT2D eigenvalue weighted by molar-refractivity contribution is 5.85. The Hall–Kier alpha value is -2.46. The van der Waals surface area contributed by atoms with E-state index in [1.807, 2.05) is 18.2 Å². The van der Waals surface area contributed by atoms with Gasteiger partial charge in [-0.25, -0.2) is 4.39 Å². The summed E-state index contributed by atoms with van der Waals surface area (Å²) in [4.78, 5) is 4.05. The van der Waals surface area contributed by atoms with Crippen molar-refractivity contribution in [2.24, 2.45) is 0 Å². The first-order valence-electron chi connectivity index (χ1n) is 6.55. The molecule has 0 radical (unpaired) electrons. The lowest BCUT2D eigenvalue weighted by Gasteiger charge is -2.15. The second-order valence-corrected chi connectivity index (χ2v) is 4.73. The fourth-order valence-electron chi connectivity index (χ4n) is 2.41. The van der Waals surface area contributed by atoms with E-state index < -0.39 is 11.9 Å². The van der Waals surface area contributed by atoms with Crippen molar-refractivity contribution in [2.75, 3.05) is 7.11 Å². The first kappa shape index (κ1) is 13.5. The Bertz CT molecular complexity index is 783. The Labute approximate surface area is 121 Å². The molecule has 0 fully saturated rings. The maximum absolute atomic E-state index is 14.1. The quantitative estimate of drug-likeness (QED) is 0.800. The average molecular weight is 283 g/mol. The summed E-state index contributed by atoms with van der Waals surface area (Å²) in [6.07, 6.45) is 2.33. The Morgan fingerprint density at radius 1 is 1.14 bits per heavy atom. The molecule has 3 nitrogen and oxygen atoms in total. The molecule has 0 bridgehead atoms. The van der Waals surface area contributed by atoms with Crippen molar-refractivity contribution in [1.29, 1.82) is 0 Å². The predicted octanol–water partition coefficient (Wildman–Crippen LogP) is 3.46. The molecule has 1 atom stereocenters. The molecule has 1 unspecified atom stereocenters. The van der Waals surface area contributed by atoms with Crippen LogP contribution in [-0.2, 0) is 0 Å². The van der Waals surface area contributed by atoms with Crippen molar-refractivity contribution in [2.45, 2.75) is 6.10 Å². The van der Waals surface area contributed by atoms with Crippen LogP contribution < -0.4 is 4.74 Å². The molecule has 21 heavy (non-hydrogen) atoms. The molecule has 2 aromatic carbocycles. The number of aliphatic hydroxyl groups is 1. The number of aliphatic hydroxyl groups excluding tert-OH is 1. The van der Waals surface area contributed by atoms with Gasteiger partial charge in [0.25, 0.3) is 0 Å². The molecule has 1 aromatic heterocycles. The number of hydrogen-bond acceptors (Lipinski definition) is 3. The molecule has 1 heterocycles. The predicted molar refractivity (Wildman–Crippen MR) is 78.8 cm³/mol. The van der Waals surface area contributed by atoms with E-state index in [1.165, 1.54) is 13.2 Å². The summed E-state index contributed by atoms with van der Waals surface area (Å²) < 4.78 is 19.1. The van der Waals surface area contributed by atoms with Gasteiger partial charge in [0.1, 0.15) is 17.7 Å². The van der Waals surface area contributed by atoms with E-state index in [1.54, 1.807) is 30.6 Å². The maximum atomic E-state index is 14.1. The molecular weight excluding hydrogens is 269 g/mol. The van der Waals surface area contributed by atoms with E-state index in [0.717, 1.165) is 10.8 Å². The largest absolute Gasteiger partial charge is 0.497 e. The number of aromatic nitrogens is 1. The van der Waals surface area contributed by atoms with Gasteiger partial charge >= 0.3 is 0 Å². The van der Waals surface area contributed by atoms with E-state index in [9.17, 15) is 9.50 Å². The van der Waals surface area contributed by atoms with Crippen LogP contribution in [0.5, 0.6) is 5.75 Å². The van der Waals surface area contributed by atoms with Crippen molar-refractivity contribution in [3.8, 4) is 5.75 Å². The van der Waals surface area contributed by atoms with Crippen LogP contribution >= 0.6 is 0 Å². The van der Waals surface area contributed by atoms with Gasteiger partial charge in [-0.15, -0.1) is 0 Å². The number of ether oxygens (including phenoxy) is 1. The maximum Gasteiger partial charge on any atom is 0.133 e. The molecule has 4 heteroatoms. The van der Waals surface area contributed by atoms with E-state index in [2.05, 4.69) is 4.98 Å². The fraction of sp³-hybridized carbons (Fsp3) is 0.118. The minimum Gasteiger partial charge on any atom is -0.497 e. The van der Waals surface area contributed by atoms with Crippen LogP contribution in [-0.4, -0.2) is 17.2 Å². The van der Waals surface area contributed by atoms with E-state index in [4.69, 9.17) is 4.74 Å². The summed E-state index contributed by atoms with van der Waals surface area (Å²) in [5.41, 5.74) is 0.874. The third-order valence-corrected chi connectivity index (χ3v) is 3.51. The van der Waals surface area contributed by atoms with Crippen LogP contribution in [0.2, 0.25) is 0 Å². The number of methoxy groups -OCH3 is 1. The number of hydrogen-bond donors (Lipinski definition) is 1. The summed E-state index contributed by atoms with van der Waals surface area (Å²) in [5, 5.41) is 12.3. The molecule has 3 aromatic rings.